The third-order valence-electron chi connectivity index (χ3n) is 3.52. The van der Waals surface area contributed by atoms with Gasteiger partial charge in [-0.3, -0.25) is 15.5 Å². The van der Waals surface area contributed by atoms with Crippen molar-refractivity contribution in [2.45, 2.75) is 17.9 Å². The minimum atomic E-state index is -3.74. The van der Waals surface area contributed by atoms with Crippen LogP contribution in [0, 0.1) is 5.82 Å². The largest absolute Gasteiger partial charge is 0.355 e. The van der Waals surface area contributed by atoms with Gasteiger partial charge < -0.3 is 5.32 Å². The maximum absolute atomic E-state index is 13.4. The smallest absolute Gasteiger partial charge is 0.266 e. The molecule has 0 aliphatic rings. The van der Waals surface area contributed by atoms with Gasteiger partial charge >= 0.3 is 0 Å². The predicted molar refractivity (Wildman–Crippen MR) is 103 cm³/mol. The molecule has 11 nitrogen and oxygen atoms in total. The Morgan fingerprint density at radius 3 is 2.74 bits per heavy atom. The maximum atomic E-state index is 13.4. The van der Waals surface area contributed by atoms with Crippen molar-refractivity contribution in [2.75, 3.05) is 18.1 Å². The molecule has 0 spiro atoms. The molecular formula is C15H17F3N6O5S2. The first-order valence-electron chi connectivity index (χ1n) is 8.40. The van der Waals surface area contributed by atoms with Crippen molar-refractivity contribution in [1.29, 1.82) is 0 Å². The lowest BCUT2D eigenvalue weighted by Crippen LogP contribution is -2.29. The second-order valence-electron chi connectivity index (χ2n) is 5.81. The van der Waals surface area contributed by atoms with Crippen molar-refractivity contribution >= 4 is 39.2 Å². The van der Waals surface area contributed by atoms with Crippen LogP contribution in [-0.4, -0.2) is 53.7 Å². The molecule has 0 radical (unpaired) electrons. The number of alkyl halides is 2. The van der Waals surface area contributed by atoms with Gasteiger partial charge in [-0.15, -0.1) is 0 Å². The third-order valence-corrected chi connectivity index (χ3v) is 5.24. The molecule has 1 aromatic carbocycles. The zero-order valence-electron chi connectivity index (χ0n) is 15.6. The Balaban J connectivity index is 2.02. The third kappa shape index (κ3) is 7.82. The van der Waals surface area contributed by atoms with Gasteiger partial charge in [-0.1, -0.05) is 11.8 Å². The molecule has 0 bridgehead atoms. The van der Waals surface area contributed by atoms with E-state index in [1.807, 2.05) is 0 Å². The number of nitrogens with one attached hydrogen (secondary N) is 2. The molecule has 1 amide bonds. The number of amides is 1. The lowest BCUT2D eigenvalue weighted by Gasteiger charge is -2.06. The Morgan fingerprint density at radius 2 is 2.10 bits per heavy atom. The topological polar surface area (TPSA) is 173 Å². The van der Waals surface area contributed by atoms with E-state index in [2.05, 4.69) is 25.3 Å². The number of hydroxylamine groups is 1. The standard InChI is InChI=1S/C15H17F3N6O5S2/c16-10-2-1-8(7-9(10)13(17)18)21-14(22-26)12-15(24-29-23-12)30-5-4-20-11(25)3-6-31(19,27)28/h1-2,7,13,26H,3-6H2,(H,20,25)(H,21,22)(H2,19,27,28). The first-order valence-corrected chi connectivity index (χ1v) is 11.1. The molecule has 5 N–H and O–H groups in total. The minimum Gasteiger partial charge on any atom is -0.355 e. The number of rotatable bonds is 10. The number of carbonyl (C=O) groups is 1. The molecule has 1 aromatic heterocycles. The van der Waals surface area contributed by atoms with Crippen molar-refractivity contribution in [2.24, 2.45) is 10.1 Å². The van der Waals surface area contributed by atoms with Crippen LogP contribution in [0.4, 0.5) is 18.9 Å². The number of aromatic nitrogens is 2. The Bertz CT molecular complexity index is 1050. The number of sulfonamides is 1. The van der Waals surface area contributed by atoms with E-state index in [0.29, 0.717) is 0 Å². The van der Waals surface area contributed by atoms with Gasteiger partial charge in [0.2, 0.25) is 15.9 Å². The number of thioether (sulfide) groups is 1. The number of hydrogen-bond acceptors (Lipinski definition) is 9. The van der Waals surface area contributed by atoms with Gasteiger partial charge in [0.15, 0.2) is 16.6 Å². The fraction of sp³-hybridized carbons (Fsp3) is 0.333. The summed E-state index contributed by atoms with van der Waals surface area (Å²) in [7, 11) is -3.74. The van der Waals surface area contributed by atoms with Crippen LogP contribution in [0.5, 0.6) is 0 Å². The van der Waals surface area contributed by atoms with E-state index in [4.69, 9.17) is 5.14 Å². The van der Waals surface area contributed by atoms with Crippen molar-refractivity contribution in [3.8, 4) is 0 Å². The van der Waals surface area contributed by atoms with Crippen molar-refractivity contribution in [1.82, 2.24) is 21.1 Å². The van der Waals surface area contributed by atoms with Gasteiger partial charge in [0.25, 0.3) is 6.43 Å². The number of amidine groups is 1. The number of nitrogens with zero attached hydrogens (tertiary/aromatic N) is 3. The summed E-state index contributed by atoms with van der Waals surface area (Å²) in [6.45, 7) is 0.134. The van der Waals surface area contributed by atoms with Gasteiger partial charge in [-0.2, -0.15) is 0 Å². The Kier molecular flexibility index (Phi) is 8.78. The first-order chi connectivity index (χ1) is 14.6. The number of hydrogen-bond donors (Lipinski definition) is 4. The molecule has 31 heavy (non-hydrogen) atoms. The average molecular weight is 482 g/mol. The molecule has 0 saturated carbocycles. The molecule has 2 aromatic rings. The fourth-order valence-corrected chi connectivity index (χ4v) is 3.33. The number of nitrogens with two attached hydrogens (primary N) is 1. The van der Waals surface area contributed by atoms with Gasteiger partial charge in [0.1, 0.15) is 5.82 Å². The van der Waals surface area contributed by atoms with E-state index in [9.17, 15) is 31.6 Å². The molecule has 0 aliphatic heterocycles. The highest BCUT2D eigenvalue weighted by atomic mass is 32.2. The van der Waals surface area contributed by atoms with Crippen LogP contribution in [0.15, 0.2) is 32.8 Å². The van der Waals surface area contributed by atoms with Gasteiger partial charge in [0, 0.05) is 18.7 Å². The second kappa shape index (κ2) is 11.1. The van der Waals surface area contributed by atoms with Crippen molar-refractivity contribution < 1.29 is 36.2 Å². The van der Waals surface area contributed by atoms with Crippen LogP contribution in [0.3, 0.4) is 0 Å². The highest BCUT2D eigenvalue weighted by Gasteiger charge is 2.19. The van der Waals surface area contributed by atoms with Crippen LogP contribution < -0.4 is 15.9 Å². The maximum Gasteiger partial charge on any atom is 0.266 e. The number of halogens is 3. The molecule has 0 saturated heterocycles. The van der Waals surface area contributed by atoms with Crippen LogP contribution in [-0.2, 0) is 14.8 Å². The highest BCUT2D eigenvalue weighted by Crippen LogP contribution is 2.27. The van der Waals surface area contributed by atoms with E-state index in [1.165, 1.54) is 0 Å². The normalized spacial score (nSPS) is 12.3. The van der Waals surface area contributed by atoms with Crippen molar-refractivity contribution in [3.63, 3.8) is 0 Å². The lowest BCUT2D eigenvalue weighted by molar-refractivity contribution is -0.120. The summed E-state index contributed by atoms with van der Waals surface area (Å²) in [5, 5.41) is 24.0. The monoisotopic (exact) mass is 482 g/mol. The summed E-state index contributed by atoms with van der Waals surface area (Å²) < 4.78 is 65.3. The molecule has 1 heterocycles. The SMILES string of the molecule is NS(=O)(=O)CCC(=O)NCCSc1nonc1C(=Nc1ccc(F)c(C(F)F)c1)NO. The summed E-state index contributed by atoms with van der Waals surface area (Å²) in [5.41, 5.74) is 0.746. The van der Waals surface area contributed by atoms with Crippen LogP contribution in [0.2, 0.25) is 0 Å². The number of carbonyl (C=O) groups excluding carboxylic acids is 1. The van der Waals surface area contributed by atoms with E-state index in [1.54, 1.807) is 5.48 Å². The Morgan fingerprint density at radius 1 is 1.35 bits per heavy atom. The number of primary sulfonamides is 1. The predicted octanol–water partition coefficient (Wildman–Crippen LogP) is 1.09. The van der Waals surface area contributed by atoms with Gasteiger partial charge in [-0.25, -0.2) is 36.3 Å². The summed E-state index contributed by atoms with van der Waals surface area (Å²) in [6, 6.07) is 2.75. The molecule has 0 aliphatic carbocycles. The zero-order chi connectivity index (χ0) is 23.0. The Hall–Kier alpha value is -2.69. The fourth-order valence-electron chi connectivity index (χ4n) is 2.11. The summed E-state index contributed by atoms with van der Waals surface area (Å²) in [6.07, 6.45) is -3.34. The van der Waals surface area contributed by atoms with Crippen LogP contribution >= 0.6 is 11.8 Å². The molecule has 2 rings (SSSR count). The van der Waals surface area contributed by atoms with E-state index >= 15 is 0 Å². The molecule has 170 valence electrons. The number of aliphatic imine (C=N–C) groups is 1. The average Bonchev–Trinajstić information content (AvgIpc) is 3.16. The zero-order valence-corrected chi connectivity index (χ0v) is 17.2. The molecule has 0 atom stereocenters. The quantitative estimate of drug-likeness (QED) is 0.127. The Labute approximate surface area is 178 Å². The second-order valence-corrected chi connectivity index (χ2v) is 8.63. The highest BCUT2D eigenvalue weighted by molar-refractivity contribution is 7.99. The van der Waals surface area contributed by atoms with E-state index in [-0.39, 0.29) is 41.0 Å². The summed E-state index contributed by atoms with van der Waals surface area (Å²) >= 11 is 1.05. The summed E-state index contributed by atoms with van der Waals surface area (Å²) in [5.74, 6) is -2.14. The van der Waals surface area contributed by atoms with E-state index in [0.717, 1.165) is 30.0 Å². The molecular weight excluding hydrogens is 465 g/mol. The van der Waals surface area contributed by atoms with Crippen LogP contribution in [0.1, 0.15) is 24.1 Å². The molecule has 0 unspecified atom stereocenters. The minimum absolute atomic E-state index is 0.0593. The van der Waals surface area contributed by atoms with E-state index < -0.39 is 39.5 Å². The first kappa shape index (κ1) is 24.6. The van der Waals surface area contributed by atoms with Gasteiger partial charge in [-0.05, 0) is 28.5 Å². The van der Waals surface area contributed by atoms with Crippen molar-refractivity contribution in [3.05, 3.63) is 35.3 Å². The molecule has 0 fully saturated rings. The molecule has 16 heteroatoms. The number of benzene rings is 1. The van der Waals surface area contributed by atoms with Crippen LogP contribution in [0.25, 0.3) is 0 Å². The summed E-state index contributed by atoms with van der Waals surface area (Å²) in [4.78, 5) is 15.5. The lowest BCUT2D eigenvalue weighted by atomic mass is 10.2. The van der Waals surface area contributed by atoms with Gasteiger partial charge in [0.05, 0.1) is 17.0 Å².